The van der Waals surface area contributed by atoms with Gasteiger partial charge in [-0.05, 0) is 27.7 Å². The molecule has 8 heteroatoms. The third-order valence-corrected chi connectivity index (χ3v) is 10.0. The van der Waals surface area contributed by atoms with Gasteiger partial charge in [-0.2, -0.15) is 0 Å². The second-order valence-corrected chi connectivity index (χ2v) is 12.8. The third kappa shape index (κ3) is 5.37. The van der Waals surface area contributed by atoms with E-state index < -0.39 is 24.5 Å². The molecular formula is C13H24Br4O4. The normalized spacial score (nSPS) is 20.0. The van der Waals surface area contributed by atoms with Crippen molar-refractivity contribution < 1.29 is 19.7 Å². The van der Waals surface area contributed by atoms with Gasteiger partial charge in [-0.1, -0.05) is 77.6 Å². The van der Waals surface area contributed by atoms with E-state index in [1.807, 2.05) is 27.7 Å². The minimum atomic E-state index is -0.878. The van der Waals surface area contributed by atoms with Gasteiger partial charge in [0.2, 0.25) is 0 Å². The molecule has 128 valence electrons. The van der Waals surface area contributed by atoms with Gasteiger partial charge in [0.1, 0.15) is 6.47 Å². The predicted molar refractivity (Wildman–Crippen MR) is 99.4 cm³/mol. The standard InChI is InChI=1S/C13H24Br4O4/c1-7(20-9(3)18)12(14,15)11(5,6)13(16,17)8(2)21-10(4)19/h7-10,18-19H,1-6H3. The van der Waals surface area contributed by atoms with E-state index >= 15 is 0 Å². The highest BCUT2D eigenvalue weighted by atomic mass is 79.9. The van der Waals surface area contributed by atoms with Crippen molar-refractivity contribution >= 4 is 63.7 Å². The van der Waals surface area contributed by atoms with Crippen LogP contribution in [0, 0.1) is 5.41 Å². The zero-order valence-electron chi connectivity index (χ0n) is 13.0. The van der Waals surface area contributed by atoms with Gasteiger partial charge in [-0.15, -0.1) is 0 Å². The molecule has 0 aromatic rings. The molecule has 0 fully saturated rings. The maximum absolute atomic E-state index is 9.44. The molecule has 0 heterocycles. The smallest absolute Gasteiger partial charge is 0.152 e. The van der Waals surface area contributed by atoms with Gasteiger partial charge in [0.15, 0.2) is 12.6 Å². The molecule has 0 radical (unpaired) electrons. The van der Waals surface area contributed by atoms with Crippen LogP contribution < -0.4 is 0 Å². The van der Waals surface area contributed by atoms with Gasteiger partial charge in [-0.25, -0.2) is 0 Å². The Balaban J connectivity index is 5.40. The van der Waals surface area contributed by atoms with E-state index in [9.17, 15) is 10.2 Å². The number of aliphatic hydroxyl groups excluding tert-OH is 2. The second-order valence-electron chi connectivity index (χ2n) is 5.63. The number of rotatable bonds is 8. The maximum Gasteiger partial charge on any atom is 0.152 e. The molecular weight excluding hydrogens is 540 g/mol. The Labute approximate surface area is 160 Å². The lowest BCUT2D eigenvalue weighted by molar-refractivity contribution is -0.139. The van der Waals surface area contributed by atoms with Crippen molar-refractivity contribution in [2.24, 2.45) is 5.41 Å². The molecule has 4 atom stereocenters. The molecule has 0 amide bonds. The van der Waals surface area contributed by atoms with E-state index in [-0.39, 0.29) is 12.2 Å². The van der Waals surface area contributed by atoms with Gasteiger partial charge in [-0.3, -0.25) is 0 Å². The summed E-state index contributed by atoms with van der Waals surface area (Å²) in [6.07, 6.45) is -2.45. The van der Waals surface area contributed by atoms with Crippen molar-refractivity contribution in [2.75, 3.05) is 0 Å². The van der Waals surface area contributed by atoms with Gasteiger partial charge in [0.25, 0.3) is 0 Å². The molecule has 0 saturated heterocycles. The number of hydrogen-bond donors (Lipinski definition) is 2. The van der Waals surface area contributed by atoms with Crippen LogP contribution >= 0.6 is 63.7 Å². The molecule has 21 heavy (non-hydrogen) atoms. The van der Waals surface area contributed by atoms with E-state index in [1.54, 1.807) is 13.8 Å². The van der Waals surface area contributed by atoms with Crippen LogP contribution in [0.4, 0.5) is 0 Å². The van der Waals surface area contributed by atoms with E-state index in [0.717, 1.165) is 0 Å². The first-order chi connectivity index (χ1) is 9.17. The summed E-state index contributed by atoms with van der Waals surface area (Å²) in [6, 6.07) is 0. The average molecular weight is 564 g/mol. The van der Waals surface area contributed by atoms with Crippen molar-refractivity contribution in [2.45, 2.75) is 72.8 Å². The molecule has 0 aliphatic carbocycles. The Morgan fingerprint density at radius 3 is 1.14 bits per heavy atom. The van der Waals surface area contributed by atoms with E-state index in [2.05, 4.69) is 63.7 Å². The van der Waals surface area contributed by atoms with Crippen LogP contribution in [0.25, 0.3) is 0 Å². The predicted octanol–water partition coefficient (Wildman–Crippen LogP) is 4.47. The summed E-state index contributed by atoms with van der Waals surface area (Å²) >= 11 is 14.7. The number of hydrogen-bond acceptors (Lipinski definition) is 4. The molecule has 4 nitrogen and oxygen atoms in total. The van der Waals surface area contributed by atoms with Crippen LogP contribution in [0.2, 0.25) is 0 Å². The maximum atomic E-state index is 9.44. The van der Waals surface area contributed by atoms with Crippen LogP contribution in [-0.4, -0.2) is 41.5 Å². The molecule has 0 spiro atoms. The van der Waals surface area contributed by atoms with Crippen LogP contribution in [0.1, 0.15) is 41.5 Å². The SMILES string of the molecule is CC(O)OC(C)C(Br)(Br)C(C)(C)C(Br)(Br)C(C)OC(C)O. The van der Waals surface area contributed by atoms with Crippen molar-refractivity contribution in [1.82, 2.24) is 0 Å². The lowest BCUT2D eigenvalue weighted by atomic mass is 9.81. The van der Waals surface area contributed by atoms with Crippen molar-refractivity contribution in [1.29, 1.82) is 0 Å². The highest BCUT2D eigenvalue weighted by Gasteiger charge is 2.59. The van der Waals surface area contributed by atoms with Crippen molar-refractivity contribution in [3.05, 3.63) is 0 Å². The molecule has 0 saturated carbocycles. The van der Waals surface area contributed by atoms with Gasteiger partial charge < -0.3 is 19.7 Å². The fourth-order valence-corrected chi connectivity index (χ4v) is 4.75. The number of aliphatic hydroxyl groups is 2. The average Bonchev–Trinajstić information content (AvgIpc) is 2.26. The lowest BCUT2D eigenvalue weighted by Crippen LogP contribution is -2.57. The number of alkyl halides is 4. The Kier molecular flexibility index (Phi) is 8.92. The largest absolute Gasteiger partial charge is 0.368 e. The zero-order chi connectivity index (χ0) is 17.2. The summed E-state index contributed by atoms with van der Waals surface area (Å²) in [6.45, 7) is 10.8. The molecule has 2 N–H and O–H groups in total. The highest BCUT2D eigenvalue weighted by molar-refractivity contribution is 9.26. The van der Waals surface area contributed by atoms with E-state index in [0.29, 0.717) is 0 Å². The van der Waals surface area contributed by atoms with Gasteiger partial charge >= 0.3 is 0 Å². The summed E-state index contributed by atoms with van der Waals surface area (Å²) in [5.41, 5.74) is -0.497. The molecule has 0 bridgehead atoms. The van der Waals surface area contributed by atoms with Gasteiger partial charge in [0.05, 0.1) is 12.2 Å². The first kappa shape index (κ1) is 22.8. The van der Waals surface area contributed by atoms with Crippen LogP contribution in [0.5, 0.6) is 0 Å². The second kappa shape index (κ2) is 8.23. The van der Waals surface area contributed by atoms with Crippen molar-refractivity contribution in [3.63, 3.8) is 0 Å². The summed E-state index contributed by atoms with van der Waals surface area (Å²) in [7, 11) is 0. The highest BCUT2D eigenvalue weighted by Crippen LogP contribution is 2.60. The van der Waals surface area contributed by atoms with Crippen molar-refractivity contribution in [3.8, 4) is 0 Å². The topological polar surface area (TPSA) is 58.9 Å². The van der Waals surface area contributed by atoms with Crippen LogP contribution in [0.15, 0.2) is 0 Å². The molecule has 0 rings (SSSR count). The quantitative estimate of drug-likeness (QED) is 0.338. The summed E-state index contributed by atoms with van der Waals surface area (Å²) in [5.74, 6) is 0. The fourth-order valence-electron chi connectivity index (χ4n) is 2.00. The van der Waals surface area contributed by atoms with Gasteiger partial charge in [0, 0.05) is 5.41 Å². The first-order valence-corrected chi connectivity index (χ1v) is 9.77. The molecule has 0 aromatic carbocycles. The minimum Gasteiger partial charge on any atom is -0.368 e. The van der Waals surface area contributed by atoms with E-state index in [4.69, 9.17) is 9.47 Å². The Morgan fingerprint density at radius 1 is 0.714 bits per heavy atom. The molecule has 0 aliphatic rings. The summed E-state index contributed by atoms with van der Waals surface area (Å²) in [4.78, 5) is 0. The zero-order valence-corrected chi connectivity index (χ0v) is 19.4. The fraction of sp³-hybridized carbons (Fsp3) is 1.00. The number of ether oxygens (including phenoxy) is 2. The summed E-state index contributed by atoms with van der Waals surface area (Å²) < 4.78 is 9.63. The molecule has 4 unspecified atom stereocenters. The minimum absolute atomic E-state index is 0.347. The number of halogens is 4. The molecule has 0 aliphatic heterocycles. The lowest BCUT2D eigenvalue weighted by Gasteiger charge is -2.51. The Hall–Kier alpha value is 1.76. The van der Waals surface area contributed by atoms with Crippen LogP contribution in [0.3, 0.4) is 0 Å². The monoisotopic (exact) mass is 560 g/mol. The molecule has 0 aromatic heterocycles. The summed E-state index contributed by atoms with van der Waals surface area (Å²) in [5, 5.41) is 18.9. The third-order valence-electron chi connectivity index (χ3n) is 3.49. The Bertz CT molecular complexity index is 302. The Morgan fingerprint density at radius 2 is 0.952 bits per heavy atom. The van der Waals surface area contributed by atoms with Crippen LogP contribution in [-0.2, 0) is 9.47 Å². The first-order valence-electron chi connectivity index (χ1n) is 6.60. The van der Waals surface area contributed by atoms with E-state index in [1.165, 1.54) is 0 Å².